The van der Waals surface area contributed by atoms with Gasteiger partial charge in [-0.05, 0) is 31.5 Å². The Kier molecular flexibility index (Phi) is 5.33. The Morgan fingerprint density at radius 1 is 1.35 bits per heavy atom. The predicted octanol–water partition coefficient (Wildman–Crippen LogP) is 3.22. The van der Waals surface area contributed by atoms with Gasteiger partial charge in [0, 0.05) is 35.8 Å². The maximum absolute atomic E-state index is 4.82. The molecule has 3 nitrogen and oxygen atoms in total. The molecular formula is C16H27N3S. The van der Waals surface area contributed by atoms with E-state index in [1.165, 1.54) is 17.7 Å². The van der Waals surface area contributed by atoms with Gasteiger partial charge >= 0.3 is 0 Å². The van der Waals surface area contributed by atoms with E-state index in [9.17, 15) is 0 Å². The molecule has 0 saturated carbocycles. The van der Waals surface area contributed by atoms with Crippen LogP contribution in [0.3, 0.4) is 0 Å². The molecule has 0 atom stereocenters. The summed E-state index contributed by atoms with van der Waals surface area (Å²) in [4.78, 5) is 7.25. The van der Waals surface area contributed by atoms with Crippen LogP contribution in [-0.4, -0.2) is 35.1 Å². The zero-order chi connectivity index (χ0) is 14.6. The van der Waals surface area contributed by atoms with Gasteiger partial charge in [-0.3, -0.25) is 0 Å². The highest BCUT2D eigenvalue weighted by molar-refractivity contribution is 8.00. The minimum atomic E-state index is 0.398. The number of rotatable bonds is 4. The van der Waals surface area contributed by atoms with E-state index < -0.39 is 0 Å². The third-order valence-electron chi connectivity index (χ3n) is 3.91. The maximum atomic E-state index is 4.82. The number of nitrogens with zero attached hydrogens (tertiary/aromatic N) is 2. The zero-order valence-electron chi connectivity index (χ0n) is 13.2. The van der Waals surface area contributed by atoms with Crippen molar-refractivity contribution in [1.29, 1.82) is 0 Å². The van der Waals surface area contributed by atoms with Crippen LogP contribution >= 0.6 is 11.8 Å². The van der Waals surface area contributed by atoms with Crippen LogP contribution in [0.4, 0.5) is 5.82 Å². The van der Waals surface area contributed by atoms with E-state index in [0.717, 1.165) is 37.7 Å². The Bertz CT molecular complexity index is 445. The Labute approximate surface area is 127 Å². The summed E-state index contributed by atoms with van der Waals surface area (Å²) in [5.74, 6) is 2.33. The molecule has 1 aromatic heterocycles. The lowest BCUT2D eigenvalue weighted by molar-refractivity contribution is 0.634. The first-order valence-corrected chi connectivity index (χ1v) is 8.56. The maximum Gasteiger partial charge on any atom is 0.128 e. The van der Waals surface area contributed by atoms with Crippen LogP contribution in [0.25, 0.3) is 0 Å². The van der Waals surface area contributed by atoms with Crippen LogP contribution in [0, 0.1) is 6.92 Å². The lowest BCUT2D eigenvalue weighted by Crippen LogP contribution is -2.28. The van der Waals surface area contributed by atoms with Gasteiger partial charge in [0.1, 0.15) is 5.82 Å². The van der Waals surface area contributed by atoms with Crippen LogP contribution in [-0.2, 0) is 6.54 Å². The summed E-state index contributed by atoms with van der Waals surface area (Å²) in [5.41, 5.74) is 2.46. The second kappa shape index (κ2) is 6.81. The summed E-state index contributed by atoms with van der Waals surface area (Å²) in [6.07, 6.45) is 1.22. The first-order valence-electron chi connectivity index (χ1n) is 7.58. The van der Waals surface area contributed by atoms with E-state index in [-0.39, 0.29) is 0 Å². The Morgan fingerprint density at radius 2 is 2.15 bits per heavy atom. The minimum Gasteiger partial charge on any atom is -0.356 e. The summed E-state index contributed by atoms with van der Waals surface area (Å²) in [6, 6.07) is 4.41. The molecule has 0 unspecified atom stereocenters. The Hall–Kier alpha value is -0.740. The monoisotopic (exact) mass is 293 g/mol. The van der Waals surface area contributed by atoms with E-state index in [2.05, 4.69) is 61.8 Å². The smallest absolute Gasteiger partial charge is 0.128 e. The number of hydrogen-bond donors (Lipinski definition) is 1. The number of anilines is 1. The van der Waals surface area contributed by atoms with Crippen molar-refractivity contribution >= 4 is 17.6 Å². The number of aromatic nitrogens is 1. The molecule has 0 aromatic carbocycles. The number of pyridine rings is 1. The third-order valence-corrected chi connectivity index (χ3v) is 5.28. The van der Waals surface area contributed by atoms with Crippen molar-refractivity contribution < 1.29 is 0 Å². The van der Waals surface area contributed by atoms with Gasteiger partial charge in [-0.1, -0.05) is 26.8 Å². The Morgan fingerprint density at radius 3 is 2.85 bits per heavy atom. The van der Waals surface area contributed by atoms with Gasteiger partial charge in [-0.25, -0.2) is 4.98 Å². The van der Waals surface area contributed by atoms with Gasteiger partial charge in [0.05, 0.1) is 0 Å². The number of nitrogens with one attached hydrogen (secondary N) is 1. The molecule has 4 heteroatoms. The summed E-state index contributed by atoms with van der Waals surface area (Å²) in [7, 11) is 0. The van der Waals surface area contributed by atoms with E-state index >= 15 is 0 Å². The SMILES string of the molecule is CCNCc1ccc(N2CCSC(C)(C)CC2)nc1C. The second-order valence-electron chi connectivity index (χ2n) is 6.04. The zero-order valence-corrected chi connectivity index (χ0v) is 14.0. The summed E-state index contributed by atoms with van der Waals surface area (Å²) < 4.78 is 0.398. The van der Waals surface area contributed by atoms with Gasteiger partial charge < -0.3 is 10.2 Å². The molecule has 0 amide bonds. The van der Waals surface area contributed by atoms with Crippen LogP contribution in [0.1, 0.15) is 38.4 Å². The fourth-order valence-electron chi connectivity index (χ4n) is 2.45. The van der Waals surface area contributed by atoms with Crippen molar-refractivity contribution in [2.75, 3.05) is 30.3 Å². The van der Waals surface area contributed by atoms with Crippen LogP contribution in [0.5, 0.6) is 0 Å². The first-order chi connectivity index (χ1) is 9.52. The molecule has 1 fully saturated rings. The van der Waals surface area contributed by atoms with Crippen LogP contribution in [0.15, 0.2) is 12.1 Å². The molecule has 0 radical (unpaired) electrons. The lowest BCUT2D eigenvalue weighted by Gasteiger charge is -2.24. The summed E-state index contributed by atoms with van der Waals surface area (Å²) >= 11 is 2.08. The highest BCUT2D eigenvalue weighted by Crippen LogP contribution is 2.32. The van der Waals surface area contributed by atoms with E-state index in [1.807, 2.05) is 0 Å². The van der Waals surface area contributed by atoms with Crippen molar-refractivity contribution in [3.05, 3.63) is 23.4 Å². The highest BCUT2D eigenvalue weighted by atomic mass is 32.2. The molecule has 112 valence electrons. The van der Waals surface area contributed by atoms with E-state index in [1.54, 1.807) is 0 Å². The molecule has 1 aromatic rings. The molecule has 1 N–H and O–H groups in total. The molecule has 0 aliphatic carbocycles. The fourth-order valence-corrected chi connectivity index (χ4v) is 3.55. The van der Waals surface area contributed by atoms with Crippen molar-refractivity contribution in [3.63, 3.8) is 0 Å². The van der Waals surface area contributed by atoms with Crippen LogP contribution in [0.2, 0.25) is 0 Å². The van der Waals surface area contributed by atoms with Crippen molar-refractivity contribution in [1.82, 2.24) is 10.3 Å². The molecule has 2 heterocycles. The number of hydrogen-bond acceptors (Lipinski definition) is 4. The third kappa shape index (κ3) is 4.13. The molecule has 1 aliphatic heterocycles. The quantitative estimate of drug-likeness (QED) is 0.922. The summed E-state index contributed by atoms with van der Waals surface area (Å²) in [5, 5.41) is 3.37. The molecule has 0 bridgehead atoms. The number of thioether (sulfide) groups is 1. The molecule has 0 spiro atoms. The van der Waals surface area contributed by atoms with E-state index in [0.29, 0.717) is 4.75 Å². The van der Waals surface area contributed by atoms with Crippen molar-refractivity contribution in [3.8, 4) is 0 Å². The van der Waals surface area contributed by atoms with Gasteiger partial charge in [0.15, 0.2) is 0 Å². The lowest BCUT2D eigenvalue weighted by atomic mass is 10.1. The van der Waals surface area contributed by atoms with Gasteiger partial charge in [-0.15, -0.1) is 0 Å². The fraction of sp³-hybridized carbons (Fsp3) is 0.688. The van der Waals surface area contributed by atoms with E-state index in [4.69, 9.17) is 4.98 Å². The Balaban J connectivity index is 2.07. The molecule has 1 aliphatic rings. The van der Waals surface area contributed by atoms with Crippen molar-refractivity contribution in [2.45, 2.75) is 45.4 Å². The molecular weight excluding hydrogens is 266 g/mol. The largest absolute Gasteiger partial charge is 0.356 e. The average Bonchev–Trinajstić information content (AvgIpc) is 2.58. The molecule has 20 heavy (non-hydrogen) atoms. The predicted molar refractivity (Wildman–Crippen MR) is 89.7 cm³/mol. The first kappa shape index (κ1) is 15.6. The van der Waals surface area contributed by atoms with Gasteiger partial charge in [0.25, 0.3) is 0 Å². The van der Waals surface area contributed by atoms with Crippen molar-refractivity contribution in [2.24, 2.45) is 0 Å². The minimum absolute atomic E-state index is 0.398. The summed E-state index contributed by atoms with van der Waals surface area (Å²) in [6.45, 7) is 13.1. The van der Waals surface area contributed by atoms with Gasteiger partial charge in [0.2, 0.25) is 0 Å². The second-order valence-corrected chi connectivity index (χ2v) is 7.84. The highest BCUT2D eigenvalue weighted by Gasteiger charge is 2.24. The number of aryl methyl sites for hydroxylation is 1. The van der Waals surface area contributed by atoms with Gasteiger partial charge in [-0.2, -0.15) is 11.8 Å². The normalized spacial score (nSPS) is 18.9. The average molecular weight is 293 g/mol. The molecule has 2 rings (SSSR count). The topological polar surface area (TPSA) is 28.2 Å². The standard InChI is InChI=1S/C16H27N3S/c1-5-17-12-14-6-7-15(18-13(14)2)19-9-8-16(3,4)20-11-10-19/h6-7,17H,5,8-12H2,1-4H3. The molecule has 1 saturated heterocycles. The van der Waals surface area contributed by atoms with Crippen LogP contribution < -0.4 is 10.2 Å².